The molecule has 0 N–H and O–H groups in total. The van der Waals surface area contributed by atoms with Gasteiger partial charge in [0.25, 0.3) is 0 Å². The van der Waals surface area contributed by atoms with Gasteiger partial charge in [-0.25, -0.2) is 0 Å². The summed E-state index contributed by atoms with van der Waals surface area (Å²) >= 11 is 1.68. The summed E-state index contributed by atoms with van der Waals surface area (Å²) in [4.78, 5) is 0. The third kappa shape index (κ3) is 2.34. The molecule has 0 aromatic carbocycles. The van der Waals surface area contributed by atoms with Gasteiger partial charge < -0.3 is 0 Å². The van der Waals surface area contributed by atoms with Crippen LogP contribution in [0, 0.1) is 20.8 Å². The Morgan fingerprint density at radius 1 is 1.00 bits per heavy atom. The minimum atomic E-state index is 0.420. The first-order valence-electron chi connectivity index (χ1n) is 8.55. The third-order valence-corrected chi connectivity index (χ3v) is 5.87. The molecule has 26 heavy (non-hydrogen) atoms. The second kappa shape index (κ2) is 5.41. The number of rotatable bonds is 3. The highest BCUT2D eigenvalue weighted by molar-refractivity contribution is 7.11. The first-order chi connectivity index (χ1) is 12.5. The number of aromatic nitrogens is 8. The van der Waals surface area contributed by atoms with Crippen molar-refractivity contribution in [2.24, 2.45) is 7.05 Å². The van der Waals surface area contributed by atoms with Crippen molar-refractivity contribution in [3.63, 3.8) is 0 Å². The van der Waals surface area contributed by atoms with Gasteiger partial charge in [0.05, 0.1) is 11.4 Å². The van der Waals surface area contributed by atoms with Gasteiger partial charge in [0, 0.05) is 18.9 Å². The molecule has 0 aliphatic heterocycles. The Bertz CT molecular complexity index is 1140. The monoisotopic (exact) mass is 366 g/mol. The number of hydrogen-bond acceptors (Lipinski definition) is 7. The lowest BCUT2D eigenvalue weighted by molar-refractivity contribution is 0.740. The minimum Gasteiger partial charge on any atom is -0.266 e. The fourth-order valence-electron chi connectivity index (χ4n) is 3.42. The standard InChI is InChI=1S/C17H18N8S/c1-8-5-14(23-25-9(2)18-20-16(8)25)15-7-13(22-24(15)4)11-6-12(11)17-21-19-10(3)26-17/h5,7,11-12H,6H2,1-4H3. The van der Waals surface area contributed by atoms with Crippen molar-refractivity contribution in [2.45, 2.75) is 39.0 Å². The quantitative estimate of drug-likeness (QED) is 0.554. The highest BCUT2D eigenvalue weighted by Crippen LogP contribution is 2.55. The van der Waals surface area contributed by atoms with E-state index in [9.17, 15) is 0 Å². The minimum absolute atomic E-state index is 0.420. The normalized spacial score (nSPS) is 19.4. The second-order valence-corrected chi connectivity index (χ2v) is 8.09. The molecule has 1 saturated carbocycles. The molecule has 1 aliphatic rings. The lowest BCUT2D eigenvalue weighted by Gasteiger charge is -2.04. The van der Waals surface area contributed by atoms with Crippen LogP contribution in [0.25, 0.3) is 17.0 Å². The van der Waals surface area contributed by atoms with Gasteiger partial charge in [0.1, 0.15) is 15.7 Å². The molecule has 0 saturated heterocycles. The molecule has 0 amide bonds. The van der Waals surface area contributed by atoms with E-state index in [4.69, 9.17) is 10.2 Å². The van der Waals surface area contributed by atoms with Crippen LogP contribution < -0.4 is 0 Å². The van der Waals surface area contributed by atoms with Crippen molar-refractivity contribution in [3.05, 3.63) is 39.2 Å². The van der Waals surface area contributed by atoms with Gasteiger partial charge in [-0.2, -0.15) is 14.7 Å². The third-order valence-electron chi connectivity index (χ3n) is 4.90. The Labute approximate surface area is 153 Å². The van der Waals surface area contributed by atoms with Crippen LogP contribution in [0.15, 0.2) is 12.1 Å². The Morgan fingerprint density at radius 3 is 2.62 bits per heavy atom. The number of nitrogens with zero attached hydrogens (tertiary/aromatic N) is 8. The molecule has 0 bridgehead atoms. The number of aryl methyl sites for hydroxylation is 4. The average Bonchev–Trinajstić information content (AvgIpc) is 2.91. The smallest absolute Gasteiger partial charge is 0.180 e. The Morgan fingerprint density at radius 2 is 1.85 bits per heavy atom. The van der Waals surface area contributed by atoms with Crippen molar-refractivity contribution in [2.75, 3.05) is 0 Å². The van der Waals surface area contributed by atoms with Crippen molar-refractivity contribution >= 4 is 17.0 Å². The topological polar surface area (TPSA) is 86.7 Å². The van der Waals surface area contributed by atoms with E-state index < -0.39 is 0 Å². The molecule has 1 fully saturated rings. The van der Waals surface area contributed by atoms with Crippen molar-refractivity contribution in [1.29, 1.82) is 0 Å². The van der Waals surface area contributed by atoms with Crippen LogP contribution in [-0.2, 0) is 7.05 Å². The predicted octanol–water partition coefficient (Wildman–Crippen LogP) is 2.57. The van der Waals surface area contributed by atoms with Gasteiger partial charge in [-0.3, -0.25) is 4.68 Å². The zero-order chi connectivity index (χ0) is 18.0. The lowest BCUT2D eigenvalue weighted by atomic mass is 10.2. The van der Waals surface area contributed by atoms with Gasteiger partial charge in [0.15, 0.2) is 11.5 Å². The molecule has 8 nitrogen and oxygen atoms in total. The highest BCUT2D eigenvalue weighted by Gasteiger charge is 2.44. The predicted molar refractivity (Wildman–Crippen MR) is 97.2 cm³/mol. The second-order valence-electron chi connectivity index (χ2n) is 6.88. The first kappa shape index (κ1) is 15.6. The highest BCUT2D eigenvalue weighted by atomic mass is 32.1. The van der Waals surface area contributed by atoms with Crippen molar-refractivity contribution < 1.29 is 0 Å². The number of fused-ring (bicyclic) bond motifs is 1. The van der Waals surface area contributed by atoms with E-state index in [0.717, 1.165) is 50.6 Å². The van der Waals surface area contributed by atoms with Crippen LogP contribution in [0.1, 0.15) is 45.4 Å². The van der Waals surface area contributed by atoms with Crippen LogP contribution in [0.3, 0.4) is 0 Å². The molecule has 4 aromatic rings. The van der Waals surface area contributed by atoms with Crippen LogP contribution in [0.5, 0.6) is 0 Å². The summed E-state index contributed by atoms with van der Waals surface area (Å²) in [5.41, 5.74) is 4.82. The Balaban J connectivity index is 1.51. The molecule has 0 radical (unpaired) electrons. The van der Waals surface area contributed by atoms with Gasteiger partial charge >= 0.3 is 0 Å². The van der Waals surface area contributed by atoms with E-state index in [1.165, 1.54) is 0 Å². The molecule has 2 atom stereocenters. The summed E-state index contributed by atoms with van der Waals surface area (Å²) in [7, 11) is 1.96. The largest absolute Gasteiger partial charge is 0.266 e. The number of hydrogen-bond donors (Lipinski definition) is 0. The van der Waals surface area contributed by atoms with E-state index in [1.807, 2.05) is 38.6 Å². The maximum absolute atomic E-state index is 4.74. The summed E-state index contributed by atoms with van der Waals surface area (Å²) in [5.74, 6) is 1.64. The summed E-state index contributed by atoms with van der Waals surface area (Å²) < 4.78 is 3.70. The van der Waals surface area contributed by atoms with E-state index in [1.54, 1.807) is 15.9 Å². The maximum atomic E-state index is 4.74. The summed E-state index contributed by atoms with van der Waals surface area (Å²) in [6.07, 6.45) is 1.08. The summed E-state index contributed by atoms with van der Waals surface area (Å²) in [6.45, 7) is 5.93. The fourth-order valence-corrected chi connectivity index (χ4v) is 4.30. The zero-order valence-electron chi connectivity index (χ0n) is 15.0. The molecule has 0 spiro atoms. The molecule has 4 heterocycles. The van der Waals surface area contributed by atoms with Gasteiger partial charge in [-0.1, -0.05) is 0 Å². The Kier molecular flexibility index (Phi) is 3.24. The van der Waals surface area contributed by atoms with E-state index in [-0.39, 0.29) is 0 Å². The summed E-state index contributed by atoms with van der Waals surface area (Å²) in [5, 5.41) is 28.3. The van der Waals surface area contributed by atoms with Crippen LogP contribution in [0.2, 0.25) is 0 Å². The van der Waals surface area contributed by atoms with E-state index in [2.05, 4.69) is 26.5 Å². The van der Waals surface area contributed by atoms with Crippen molar-refractivity contribution in [3.8, 4) is 11.4 Å². The van der Waals surface area contributed by atoms with Gasteiger partial charge in [-0.05, 0) is 44.9 Å². The van der Waals surface area contributed by atoms with Crippen LogP contribution >= 0.6 is 11.3 Å². The molecular formula is C17H18N8S. The maximum Gasteiger partial charge on any atom is 0.180 e. The molecule has 2 unspecified atom stereocenters. The molecular weight excluding hydrogens is 348 g/mol. The molecule has 1 aliphatic carbocycles. The lowest BCUT2D eigenvalue weighted by Crippen LogP contribution is -2.02. The average molecular weight is 366 g/mol. The van der Waals surface area contributed by atoms with Crippen LogP contribution in [0.4, 0.5) is 0 Å². The van der Waals surface area contributed by atoms with Crippen molar-refractivity contribution in [1.82, 2.24) is 39.8 Å². The van der Waals surface area contributed by atoms with Crippen LogP contribution in [-0.4, -0.2) is 39.8 Å². The molecule has 132 valence electrons. The van der Waals surface area contributed by atoms with E-state index in [0.29, 0.717) is 11.8 Å². The molecule has 4 aromatic heterocycles. The fraction of sp³-hybridized carbons (Fsp3) is 0.412. The molecule has 9 heteroatoms. The SMILES string of the molecule is Cc1nnc(C2CC2c2cc(-c3cc(C)c4nnc(C)n4n3)n(C)n2)s1. The van der Waals surface area contributed by atoms with Gasteiger partial charge in [0.2, 0.25) is 0 Å². The Hall–Kier alpha value is -2.68. The first-order valence-corrected chi connectivity index (χ1v) is 9.37. The molecule has 5 rings (SSSR count). The van der Waals surface area contributed by atoms with E-state index >= 15 is 0 Å². The summed E-state index contributed by atoms with van der Waals surface area (Å²) in [6, 6.07) is 4.19. The van der Waals surface area contributed by atoms with Gasteiger partial charge in [-0.15, -0.1) is 31.7 Å². The zero-order valence-corrected chi connectivity index (χ0v) is 15.8.